The Balaban J connectivity index is 2.30. The lowest BCUT2D eigenvalue weighted by Gasteiger charge is -2.06. The van der Waals surface area contributed by atoms with Crippen LogP contribution in [0.4, 0.5) is 5.00 Å². The lowest BCUT2D eigenvalue weighted by atomic mass is 10.1. The Morgan fingerprint density at radius 3 is 2.04 bits per heavy atom. The number of primary amides is 1. The van der Waals surface area contributed by atoms with E-state index in [0.29, 0.717) is 17.0 Å². The number of carbonyl (C=O) groups is 2. The normalized spacial score (nSPS) is 10.8. The van der Waals surface area contributed by atoms with Gasteiger partial charge in [0.05, 0.1) is 5.56 Å². The van der Waals surface area contributed by atoms with E-state index in [1.807, 2.05) is 13.8 Å². The second kappa shape index (κ2) is 12.1. The highest BCUT2D eigenvalue weighted by molar-refractivity contribution is 7.16. The maximum atomic E-state index is 12.1. The fourth-order valence-electron chi connectivity index (χ4n) is 3.14. The van der Waals surface area contributed by atoms with Gasteiger partial charge in [-0.1, -0.05) is 65.2 Å². The monoisotopic (exact) mass is 366 g/mol. The Labute approximate surface area is 156 Å². The molecule has 0 radical (unpaired) electrons. The molecule has 0 atom stereocenters. The van der Waals surface area contributed by atoms with Gasteiger partial charge in [-0.3, -0.25) is 9.59 Å². The summed E-state index contributed by atoms with van der Waals surface area (Å²) in [6.45, 7) is 6.19. The molecule has 25 heavy (non-hydrogen) atoms. The van der Waals surface area contributed by atoms with E-state index in [1.54, 1.807) is 0 Å². The molecule has 142 valence electrons. The van der Waals surface area contributed by atoms with Crippen LogP contribution in [0.3, 0.4) is 0 Å². The van der Waals surface area contributed by atoms with Crippen LogP contribution in [-0.2, 0) is 11.2 Å². The van der Waals surface area contributed by atoms with Crippen LogP contribution >= 0.6 is 11.3 Å². The standard InChI is InChI=1S/C20H34N2O2S/c1-4-6-7-8-9-10-11-12-13-14-17(23)22-20-18(19(21)24)16(5-2)15(3)25-20/h4-14H2,1-3H3,(H2,21,24)(H,22,23). The van der Waals surface area contributed by atoms with E-state index in [0.717, 1.165) is 29.7 Å². The highest BCUT2D eigenvalue weighted by Crippen LogP contribution is 2.33. The molecule has 0 aliphatic rings. The first kappa shape index (κ1) is 21.7. The number of nitrogens with two attached hydrogens (primary N) is 1. The average molecular weight is 367 g/mol. The second-order valence-corrected chi connectivity index (χ2v) is 7.91. The van der Waals surface area contributed by atoms with Crippen LogP contribution in [0, 0.1) is 6.92 Å². The molecule has 0 aliphatic carbocycles. The fraction of sp³-hybridized carbons (Fsp3) is 0.700. The van der Waals surface area contributed by atoms with Gasteiger partial charge in [-0.25, -0.2) is 0 Å². The van der Waals surface area contributed by atoms with Gasteiger partial charge in [0, 0.05) is 11.3 Å². The minimum Gasteiger partial charge on any atom is -0.365 e. The van der Waals surface area contributed by atoms with Gasteiger partial charge >= 0.3 is 0 Å². The van der Waals surface area contributed by atoms with Crippen LogP contribution in [0.25, 0.3) is 0 Å². The maximum absolute atomic E-state index is 12.1. The Morgan fingerprint density at radius 2 is 1.52 bits per heavy atom. The van der Waals surface area contributed by atoms with Crippen LogP contribution in [0.15, 0.2) is 0 Å². The summed E-state index contributed by atoms with van der Waals surface area (Å²) >= 11 is 1.45. The number of anilines is 1. The summed E-state index contributed by atoms with van der Waals surface area (Å²) in [7, 11) is 0. The van der Waals surface area contributed by atoms with Gasteiger partial charge in [-0.05, 0) is 25.3 Å². The summed E-state index contributed by atoms with van der Waals surface area (Å²) in [5.41, 5.74) is 6.94. The van der Waals surface area contributed by atoms with Crippen LogP contribution in [0.5, 0.6) is 0 Å². The van der Waals surface area contributed by atoms with Gasteiger partial charge in [0.25, 0.3) is 5.91 Å². The molecule has 1 aromatic heterocycles. The molecule has 5 heteroatoms. The Kier molecular flexibility index (Phi) is 10.5. The number of unbranched alkanes of at least 4 members (excludes halogenated alkanes) is 8. The topological polar surface area (TPSA) is 72.2 Å². The van der Waals surface area contributed by atoms with Crippen LogP contribution in [-0.4, -0.2) is 11.8 Å². The van der Waals surface area contributed by atoms with Gasteiger partial charge in [-0.15, -0.1) is 11.3 Å². The van der Waals surface area contributed by atoms with E-state index in [2.05, 4.69) is 12.2 Å². The molecular formula is C20H34N2O2S. The molecule has 3 N–H and O–H groups in total. The first-order valence-corrected chi connectivity index (χ1v) is 10.5. The van der Waals surface area contributed by atoms with Crippen molar-refractivity contribution in [3.05, 3.63) is 16.0 Å². The van der Waals surface area contributed by atoms with E-state index >= 15 is 0 Å². The molecule has 0 fully saturated rings. The van der Waals surface area contributed by atoms with Crippen molar-refractivity contribution in [2.75, 3.05) is 5.32 Å². The molecule has 2 amide bonds. The highest BCUT2D eigenvalue weighted by atomic mass is 32.1. The van der Waals surface area contributed by atoms with Crippen molar-refractivity contribution in [2.24, 2.45) is 5.73 Å². The third-order valence-electron chi connectivity index (χ3n) is 4.57. The molecule has 0 aromatic carbocycles. The number of carbonyl (C=O) groups excluding carboxylic acids is 2. The van der Waals surface area contributed by atoms with E-state index < -0.39 is 5.91 Å². The zero-order valence-electron chi connectivity index (χ0n) is 16.1. The van der Waals surface area contributed by atoms with Crippen LogP contribution in [0.2, 0.25) is 0 Å². The molecule has 1 aromatic rings. The van der Waals surface area contributed by atoms with E-state index in [4.69, 9.17) is 5.73 Å². The number of hydrogen-bond donors (Lipinski definition) is 2. The number of aryl methyl sites for hydroxylation is 1. The van der Waals surface area contributed by atoms with Crippen molar-refractivity contribution < 1.29 is 9.59 Å². The summed E-state index contributed by atoms with van der Waals surface area (Å²) in [6, 6.07) is 0. The predicted octanol–water partition coefficient (Wildman–Crippen LogP) is 5.58. The minimum atomic E-state index is -0.459. The van der Waals surface area contributed by atoms with Crippen molar-refractivity contribution in [1.82, 2.24) is 0 Å². The Hall–Kier alpha value is -1.36. The van der Waals surface area contributed by atoms with Crippen molar-refractivity contribution in [2.45, 2.75) is 91.4 Å². The number of hydrogen-bond acceptors (Lipinski definition) is 3. The summed E-state index contributed by atoms with van der Waals surface area (Å²) in [6.07, 6.45) is 12.3. The number of thiophene rings is 1. The SMILES string of the molecule is CCCCCCCCCCCC(=O)Nc1sc(C)c(CC)c1C(N)=O. The summed E-state index contributed by atoms with van der Waals surface area (Å²) in [5, 5.41) is 3.51. The molecule has 0 saturated carbocycles. The third-order valence-corrected chi connectivity index (χ3v) is 5.63. The first-order chi connectivity index (χ1) is 12.0. The smallest absolute Gasteiger partial charge is 0.251 e. The largest absolute Gasteiger partial charge is 0.365 e. The molecule has 1 rings (SSSR count). The summed E-state index contributed by atoms with van der Waals surface area (Å²) < 4.78 is 0. The van der Waals surface area contributed by atoms with Gasteiger partial charge < -0.3 is 11.1 Å². The van der Waals surface area contributed by atoms with Gasteiger partial charge in [0.15, 0.2) is 0 Å². The molecule has 0 spiro atoms. The molecular weight excluding hydrogens is 332 g/mol. The predicted molar refractivity (Wildman–Crippen MR) is 107 cm³/mol. The zero-order valence-corrected chi connectivity index (χ0v) is 16.9. The highest BCUT2D eigenvalue weighted by Gasteiger charge is 2.20. The molecule has 4 nitrogen and oxygen atoms in total. The maximum Gasteiger partial charge on any atom is 0.251 e. The molecule has 0 aliphatic heterocycles. The van der Waals surface area contributed by atoms with Gasteiger partial charge in [0.1, 0.15) is 5.00 Å². The molecule has 0 saturated heterocycles. The summed E-state index contributed by atoms with van der Waals surface area (Å²) in [4.78, 5) is 24.9. The van der Waals surface area contributed by atoms with Crippen molar-refractivity contribution in [3.8, 4) is 0 Å². The first-order valence-electron chi connectivity index (χ1n) is 9.73. The van der Waals surface area contributed by atoms with Gasteiger partial charge in [-0.2, -0.15) is 0 Å². The van der Waals surface area contributed by atoms with Gasteiger partial charge in [0.2, 0.25) is 5.91 Å². The van der Waals surface area contributed by atoms with E-state index in [9.17, 15) is 9.59 Å². The lowest BCUT2D eigenvalue weighted by molar-refractivity contribution is -0.116. The fourth-order valence-corrected chi connectivity index (χ4v) is 4.30. The Bertz CT molecular complexity index is 552. The average Bonchev–Trinajstić information content (AvgIpc) is 2.88. The lowest BCUT2D eigenvalue weighted by Crippen LogP contribution is -2.17. The number of nitrogens with one attached hydrogen (secondary N) is 1. The second-order valence-electron chi connectivity index (χ2n) is 6.69. The van der Waals surface area contributed by atoms with Crippen LogP contribution < -0.4 is 11.1 Å². The molecule has 0 unspecified atom stereocenters. The van der Waals surface area contributed by atoms with E-state index in [1.165, 1.54) is 56.3 Å². The Morgan fingerprint density at radius 1 is 0.960 bits per heavy atom. The molecule has 1 heterocycles. The van der Waals surface area contributed by atoms with Crippen molar-refractivity contribution in [3.63, 3.8) is 0 Å². The third kappa shape index (κ3) is 7.59. The quantitative estimate of drug-likeness (QED) is 0.447. The van der Waals surface area contributed by atoms with Crippen LogP contribution in [0.1, 0.15) is 98.9 Å². The number of amides is 2. The molecule has 0 bridgehead atoms. The summed E-state index contributed by atoms with van der Waals surface area (Å²) in [5.74, 6) is -0.478. The van der Waals surface area contributed by atoms with E-state index in [-0.39, 0.29) is 5.91 Å². The zero-order chi connectivity index (χ0) is 18.7. The number of rotatable bonds is 13. The minimum absolute atomic E-state index is 0.0191. The van der Waals surface area contributed by atoms with Crippen molar-refractivity contribution >= 4 is 28.2 Å². The van der Waals surface area contributed by atoms with Crippen molar-refractivity contribution in [1.29, 1.82) is 0 Å².